The summed E-state index contributed by atoms with van der Waals surface area (Å²) in [6.45, 7) is 7.78. The van der Waals surface area contributed by atoms with Crippen LogP contribution in [0.25, 0.3) is 0 Å². The molecule has 0 aromatic carbocycles. The summed E-state index contributed by atoms with van der Waals surface area (Å²) in [5.41, 5.74) is 0. The fourth-order valence-corrected chi connectivity index (χ4v) is 2.88. The van der Waals surface area contributed by atoms with Gasteiger partial charge in [-0.25, -0.2) is 0 Å². The number of hydrogen-bond donors (Lipinski definition) is 0. The maximum Gasteiger partial charge on any atom is -0.0351 e. The van der Waals surface area contributed by atoms with Gasteiger partial charge in [0.2, 0.25) is 0 Å². The second-order valence-electron chi connectivity index (χ2n) is 6.71. The lowest BCUT2D eigenvalue weighted by Gasteiger charge is -2.01. The van der Waals surface area contributed by atoms with Crippen LogP contribution in [0.1, 0.15) is 116 Å². The quantitative estimate of drug-likeness (QED) is 0.177. The first-order valence-electron chi connectivity index (χ1n) is 10.1. The van der Waals surface area contributed by atoms with Crippen LogP contribution in [0, 0.1) is 13.8 Å². The molecule has 0 unspecified atom stereocenters. The minimum atomic E-state index is 1.10. The molecule has 0 aliphatic carbocycles. The highest BCUT2D eigenvalue weighted by molar-refractivity contribution is 4.81. The van der Waals surface area contributed by atoms with Gasteiger partial charge in [-0.15, -0.1) is 0 Å². The Balaban J connectivity index is 3.01. The van der Waals surface area contributed by atoms with Crippen molar-refractivity contribution in [2.24, 2.45) is 0 Å². The van der Waals surface area contributed by atoms with Crippen molar-refractivity contribution < 1.29 is 0 Å². The Labute approximate surface area is 142 Å². The standard InChI is InChI=1S/C22H42/c1-3-5-7-9-11-13-15-17-19-21-22-20-18-16-14-12-10-8-6-4-2/h15,17H,1-14,16,18-22H2/b17-15+. The lowest BCUT2D eigenvalue weighted by Crippen LogP contribution is -1.82. The molecule has 0 aliphatic rings. The summed E-state index contributed by atoms with van der Waals surface area (Å²) in [5.74, 6) is 0. The fraction of sp³-hybridized carbons (Fsp3) is 0.818. The minimum absolute atomic E-state index is 1.10. The summed E-state index contributed by atoms with van der Waals surface area (Å²) in [7, 11) is 0. The van der Waals surface area contributed by atoms with Gasteiger partial charge < -0.3 is 0 Å². The molecule has 0 heteroatoms. The van der Waals surface area contributed by atoms with Gasteiger partial charge in [0.15, 0.2) is 0 Å². The first-order chi connectivity index (χ1) is 10.9. The summed E-state index contributed by atoms with van der Waals surface area (Å²) in [5, 5.41) is 0. The van der Waals surface area contributed by atoms with Crippen LogP contribution in [-0.2, 0) is 0 Å². The van der Waals surface area contributed by atoms with E-state index in [0.717, 1.165) is 12.8 Å². The normalized spacial score (nSPS) is 11.5. The van der Waals surface area contributed by atoms with E-state index >= 15 is 0 Å². The average Bonchev–Trinajstić information content (AvgIpc) is 2.54. The second kappa shape index (κ2) is 20.7. The molecule has 0 fully saturated rings. The molecular weight excluding hydrogens is 264 g/mol. The zero-order valence-electron chi connectivity index (χ0n) is 15.3. The third-order valence-corrected chi connectivity index (χ3v) is 4.41. The smallest absolute Gasteiger partial charge is 0.0351 e. The van der Waals surface area contributed by atoms with Crippen LogP contribution in [0.15, 0.2) is 12.2 Å². The van der Waals surface area contributed by atoms with E-state index in [4.69, 9.17) is 0 Å². The molecule has 0 saturated carbocycles. The first kappa shape index (κ1) is 21.7. The molecule has 0 aromatic heterocycles. The van der Waals surface area contributed by atoms with E-state index in [1.54, 1.807) is 0 Å². The number of unbranched alkanes of at least 4 members (excludes halogenated alkanes) is 16. The Bertz CT molecular complexity index is 204. The van der Waals surface area contributed by atoms with E-state index in [9.17, 15) is 0 Å². The summed E-state index contributed by atoms with van der Waals surface area (Å²) >= 11 is 0. The Morgan fingerprint density at radius 3 is 0.955 bits per heavy atom. The largest absolute Gasteiger partial charge is 0.0885 e. The molecule has 2 radical (unpaired) electrons. The van der Waals surface area contributed by atoms with Crippen LogP contribution in [-0.4, -0.2) is 0 Å². The fourth-order valence-electron chi connectivity index (χ4n) is 2.88. The molecule has 0 bridgehead atoms. The summed E-state index contributed by atoms with van der Waals surface area (Å²) in [6.07, 6.45) is 29.2. The lowest BCUT2D eigenvalue weighted by atomic mass is 10.1. The van der Waals surface area contributed by atoms with Gasteiger partial charge in [-0.05, 0) is 25.7 Å². The Morgan fingerprint density at radius 2 is 0.636 bits per heavy atom. The molecular formula is C22H42. The molecule has 0 amide bonds. The average molecular weight is 307 g/mol. The van der Waals surface area contributed by atoms with Crippen molar-refractivity contribution in [3.05, 3.63) is 26.0 Å². The molecule has 0 atom stereocenters. The zero-order chi connectivity index (χ0) is 16.1. The molecule has 22 heavy (non-hydrogen) atoms. The van der Waals surface area contributed by atoms with Crippen molar-refractivity contribution in [2.75, 3.05) is 0 Å². The van der Waals surface area contributed by atoms with Gasteiger partial charge in [0.25, 0.3) is 0 Å². The molecule has 0 aliphatic heterocycles. The first-order valence-corrected chi connectivity index (χ1v) is 10.1. The van der Waals surface area contributed by atoms with Crippen LogP contribution < -0.4 is 0 Å². The third-order valence-electron chi connectivity index (χ3n) is 4.41. The van der Waals surface area contributed by atoms with E-state index in [1.807, 2.05) is 0 Å². The predicted molar refractivity (Wildman–Crippen MR) is 103 cm³/mol. The van der Waals surface area contributed by atoms with Crippen LogP contribution in [0.3, 0.4) is 0 Å². The second-order valence-corrected chi connectivity index (χ2v) is 6.71. The van der Waals surface area contributed by atoms with E-state index in [-0.39, 0.29) is 0 Å². The van der Waals surface area contributed by atoms with E-state index in [2.05, 4.69) is 26.0 Å². The number of hydrogen-bond acceptors (Lipinski definition) is 0. The lowest BCUT2D eigenvalue weighted by molar-refractivity contribution is 0.553. The van der Waals surface area contributed by atoms with E-state index in [0.29, 0.717) is 0 Å². The Morgan fingerprint density at radius 1 is 0.364 bits per heavy atom. The van der Waals surface area contributed by atoms with Crippen LogP contribution in [0.2, 0.25) is 0 Å². The summed E-state index contributed by atoms with van der Waals surface area (Å²) in [4.78, 5) is 0. The van der Waals surface area contributed by atoms with Crippen molar-refractivity contribution in [1.29, 1.82) is 0 Å². The van der Waals surface area contributed by atoms with Crippen molar-refractivity contribution in [1.82, 2.24) is 0 Å². The molecule has 0 aromatic rings. The van der Waals surface area contributed by atoms with Gasteiger partial charge in [0, 0.05) is 0 Å². The monoisotopic (exact) mass is 306 g/mol. The van der Waals surface area contributed by atoms with E-state index < -0.39 is 0 Å². The number of rotatable bonds is 18. The van der Waals surface area contributed by atoms with Crippen molar-refractivity contribution in [3.8, 4) is 0 Å². The molecule has 0 spiro atoms. The minimum Gasteiger partial charge on any atom is -0.0885 e. The third kappa shape index (κ3) is 19.7. The van der Waals surface area contributed by atoms with Gasteiger partial charge in [-0.3, -0.25) is 0 Å². The van der Waals surface area contributed by atoms with Crippen LogP contribution >= 0.6 is 0 Å². The van der Waals surface area contributed by atoms with Crippen molar-refractivity contribution >= 4 is 0 Å². The SMILES string of the molecule is [CH2]CCCCCC/C=C/CCCCCCCCCCCC[CH2]. The molecule has 0 N–H and O–H groups in total. The van der Waals surface area contributed by atoms with Crippen molar-refractivity contribution in [3.63, 3.8) is 0 Å². The van der Waals surface area contributed by atoms with Gasteiger partial charge >= 0.3 is 0 Å². The molecule has 0 heterocycles. The van der Waals surface area contributed by atoms with E-state index in [1.165, 1.54) is 103 Å². The van der Waals surface area contributed by atoms with Crippen molar-refractivity contribution in [2.45, 2.75) is 116 Å². The summed E-state index contributed by atoms with van der Waals surface area (Å²) < 4.78 is 0. The Hall–Kier alpha value is -0.260. The van der Waals surface area contributed by atoms with Gasteiger partial charge in [-0.1, -0.05) is 116 Å². The predicted octanol–water partition coefficient (Wildman–Crippen LogP) is 8.23. The van der Waals surface area contributed by atoms with Gasteiger partial charge in [0.05, 0.1) is 0 Å². The van der Waals surface area contributed by atoms with Gasteiger partial charge in [0.1, 0.15) is 0 Å². The molecule has 130 valence electrons. The topological polar surface area (TPSA) is 0 Å². The maximum atomic E-state index is 3.89. The molecule has 0 nitrogen and oxygen atoms in total. The zero-order valence-corrected chi connectivity index (χ0v) is 15.3. The van der Waals surface area contributed by atoms with Crippen LogP contribution in [0.4, 0.5) is 0 Å². The van der Waals surface area contributed by atoms with Crippen LogP contribution in [0.5, 0.6) is 0 Å². The molecule has 0 rings (SSSR count). The highest BCUT2D eigenvalue weighted by Crippen LogP contribution is 2.12. The Kier molecular flexibility index (Phi) is 20.5. The maximum absolute atomic E-state index is 3.89. The highest BCUT2D eigenvalue weighted by atomic mass is 14.0. The summed E-state index contributed by atoms with van der Waals surface area (Å²) in [6, 6.07) is 0. The molecule has 0 saturated heterocycles. The number of allylic oxidation sites excluding steroid dienone is 2. The van der Waals surface area contributed by atoms with Gasteiger partial charge in [-0.2, -0.15) is 0 Å². The highest BCUT2D eigenvalue weighted by Gasteiger charge is 1.92.